The molecule has 1 aromatic heterocycles. The number of likely N-dealkylation sites (tertiary alicyclic amines) is 1. The smallest absolute Gasteiger partial charge is 0.250 e. The molecule has 1 amide bonds. The Morgan fingerprint density at radius 2 is 1.83 bits per heavy atom. The average Bonchev–Trinajstić information content (AvgIpc) is 3.26. The van der Waals surface area contributed by atoms with Crippen LogP contribution in [0.25, 0.3) is 0 Å². The number of rotatable bonds is 2. The van der Waals surface area contributed by atoms with Crippen LogP contribution in [0.5, 0.6) is 0 Å². The van der Waals surface area contributed by atoms with Gasteiger partial charge in [0.25, 0.3) is 5.91 Å². The summed E-state index contributed by atoms with van der Waals surface area (Å²) in [6, 6.07) is 1.93. The Labute approximate surface area is 138 Å². The molecule has 0 unspecified atom stereocenters. The van der Waals surface area contributed by atoms with Crippen molar-refractivity contribution in [3.05, 3.63) is 18.5 Å². The molecule has 5 nitrogen and oxygen atoms in total. The van der Waals surface area contributed by atoms with Crippen LogP contribution in [0.2, 0.25) is 0 Å². The molecular weight excluding hydrogens is 288 g/mol. The van der Waals surface area contributed by atoms with E-state index in [2.05, 4.69) is 15.3 Å². The summed E-state index contributed by atoms with van der Waals surface area (Å²) in [5, 5.41) is 7.84. The van der Waals surface area contributed by atoms with E-state index in [0.717, 1.165) is 39.0 Å². The number of hydrogen-bond acceptors (Lipinski definition) is 3. The van der Waals surface area contributed by atoms with Crippen LogP contribution in [0.3, 0.4) is 0 Å². The molecule has 0 aromatic carbocycles. The second kappa shape index (κ2) is 5.93. The third kappa shape index (κ3) is 2.59. The molecule has 1 saturated carbocycles. The summed E-state index contributed by atoms with van der Waals surface area (Å²) in [7, 11) is 0. The molecule has 3 heterocycles. The Morgan fingerprint density at radius 1 is 1.04 bits per heavy atom. The molecule has 2 aliphatic heterocycles. The van der Waals surface area contributed by atoms with Crippen molar-refractivity contribution < 1.29 is 4.79 Å². The number of nitrogens with zero attached hydrogens (tertiary/aromatic N) is 3. The van der Waals surface area contributed by atoms with Gasteiger partial charge in [0, 0.05) is 25.5 Å². The van der Waals surface area contributed by atoms with Crippen molar-refractivity contribution in [3.63, 3.8) is 0 Å². The van der Waals surface area contributed by atoms with Crippen molar-refractivity contribution in [1.29, 1.82) is 0 Å². The Bertz CT molecular complexity index is 541. The Kier molecular flexibility index (Phi) is 3.92. The van der Waals surface area contributed by atoms with E-state index in [-0.39, 0.29) is 0 Å². The fourth-order valence-electron chi connectivity index (χ4n) is 5.02. The highest BCUT2D eigenvalue weighted by Crippen LogP contribution is 2.45. The van der Waals surface area contributed by atoms with Crippen molar-refractivity contribution in [3.8, 4) is 0 Å². The van der Waals surface area contributed by atoms with E-state index in [1.54, 1.807) is 6.20 Å². The van der Waals surface area contributed by atoms with Crippen LogP contribution in [0.15, 0.2) is 18.5 Å². The molecule has 1 spiro atoms. The van der Waals surface area contributed by atoms with Crippen LogP contribution in [0, 0.1) is 5.41 Å². The first-order valence-electron chi connectivity index (χ1n) is 9.25. The van der Waals surface area contributed by atoms with Gasteiger partial charge in [0.2, 0.25) is 0 Å². The van der Waals surface area contributed by atoms with Crippen molar-refractivity contribution in [1.82, 2.24) is 20.0 Å². The first kappa shape index (κ1) is 15.2. The van der Waals surface area contributed by atoms with Crippen molar-refractivity contribution in [2.24, 2.45) is 5.41 Å². The van der Waals surface area contributed by atoms with Gasteiger partial charge >= 0.3 is 0 Å². The molecule has 3 fully saturated rings. The maximum atomic E-state index is 13.5. The number of nitrogens with one attached hydrogen (secondary N) is 1. The minimum Gasteiger partial charge on any atom is -0.340 e. The standard InChI is InChI=1S/C18H28N4O/c23-16(21-14-9-17(15-21)5-2-1-3-6-17)18(7-11-19-12-8-18)22-13-4-10-20-22/h4,10,13,19H,1-3,5-9,11-12,14-15H2. The van der Waals surface area contributed by atoms with Crippen molar-refractivity contribution in [2.45, 2.75) is 56.9 Å². The van der Waals surface area contributed by atoms with E-state index in [4.69, 9.17) is 0 Å². The Balaban J connectivity index is 1.56. The second-order valence-electron chi connectivity index (χ2n) is 7.77. The predicted molar refractivity (Wildman–Crippen MR) is 89.0 cm³/mol. The summed E-state index contributed by atoms with van der Waals surface area (Å²) in [4.78, 5) is 15.6. The molecule has 126 valence electrons. The van der Waals surface area contributed by atoms with E-state index >= 15 is 0 Å². The molecule has 23 heavy (non-hydrogen) atoms. The second-order valence-corrected chi connectivity index (χ2v) is 7.77. The van der Waals surface area contributed by atoms with E-state index in [0.29, 0.717) is 11.3 Å². The molecule has 4 rings (SSSR count). The van der Waals surface area contributed by atoms with E-state index < -0.39 is 5.54 Å². The Hall–Kier alpha value is -1.36. The van der Waals surface area contributed by atoms with Crippen LogP contribution in [-0.4, -0.2) is 46.8 Å². The van der Waals surface area contributed by atoms with Crippen molar-refractivity contribution >= 4 is 5.91 Å². The van der Waals surface area contributed by atoms with Crippen LogP contribution in [0.1, 0.15) is 51.4 Å². The highest BCUT2D eigenvalue weighted by atomic mass is 16.2. The molecule has 1 aromatic rings. The summed E-state index contributed by atoms with van der Waals surface area (Å²) in [6.45, 7) is 3.70. The van der Waals surface area contributed by atoms with E-state index in [1.165, 1.54) is 38.5 Å². The third-order valence-corrected chi connectivity index (χ3v) is 6.41. The van der Waals surface area contributed by atoms with Gasteiger partial charge in [-0.2, -0.15) is 5.10 Å². The highest BCUT2D eigenvalue weighted by molar-refractivity contribution is 5.85. The number of hydrogen-bond donors (Lipinski definition) is 1. The minimum atomic E-state index is -0.463. The van der Waals surface area contributed by atoms with Gasteiger partial charge < -0.3 is 10.2 Å². The van der Waals surface area contributed by atoms with Gasteiger partial charge in [-0.25, -0.2) is 0 Å². The fourth-order valence-corrected chi connectivity index (χ4v) is 5.02. The maximum Gasteiger partial charge on any atom is 0.250 e. The lowest BCUT2D eigenvalue weighted by atomic mass is 9.73. The summed E-state index contributed by atoms with van der Waals surface area (Å²) in [6.07, 6.45) is 13.3. The van der Waals surface area contributed by atoms with Gasteiger partial charge in [0.05, 0.1) is 0 Å². The zero-order valence-electron chi connectivity index (χ0n) is 14.0. The number of amides is 1. The van der Waals surface area contributed by atoms with E-state index in [1.807, 2.05) is 16.9 Å². The lowest BCUT2D eigenvalue weighted by molar-refractivity contribution is -0.142. The lowest BCUT2D eigenvalue weighted by Crippen LogP contribution is -2.55. The van der Waals surface area contributed by atoms with Crippen LogP contribution in [-0.2, 0) is 10.3 Å². The van der Waals surface area contributed by atoms with Gasteiger partial charge in [-0.05, 0) is 56.7 Å². The largest absolute Gasteiger partial charge is 0.340 e. The van der Waals surface area contributed by atoms with Gasteiger partial charge in [-0.3, -0.25) is 9.48 Å². The molecule has 1 N–H and O–H groups in total. The zero-order valence-corrected chi connectivity index (χ0v) is 14.0. The van der Waals surface area contributed by atoms with Crippen LogP contribution in [0.4, 0.5) is 0 Å². The number of carbonyl (C=O) groups excluding carboxylic acids is 1. The minimum absolute atomic E-state index is 0.310. The first-order chi connectivity index (χ1) is 11.2. The normalized spacial score (nSPS) is 26.5. The first-order valence-corrected chi connectivity index (χ1v) is 9.25. The van der Waals surface area contributed by atoms with Gasteiger partial charge in [0.1, 0.15) is 5.54 Å². The molecule has 0 radical (unpaired) electrons. The highest BCUT2D eigenvalue weighted by Gasteiger charge is 2.48. The third-order valence-electron chi connectivity index (χ3n) is 6.41. The number of aromatic nitrogens is 2. The summed E-state index contributed by atoms with van der Waals surface area (Å²) in [5.41, 5.74) is -0.0406. The number of carbonyl (C=O) groups is 1. The summed E-state index contributed by atoms with van der Waals surface area (Å²) < 4.78 is 1.93. The zero-order chi connectivity index (χ0) is 15.8. The van der Waals surface area contributed by atoms with Crippen molar-refractivity contribution in [2.75, 3.05) is 26.2 Å². The molecule has 2 saturated heterocycles. The van der Waals surface area contributed by atoms with Gasteiger partial charge in [-0.1, -0.05) is 19.3 Å². The molecular formula is C18H28N4O. The van der Waals surface area contributed by atoms with Gasteiger partial charge in [0.15, 0.2) is 0 Å². The van der Waals surface area contributed by atoms with E-state index in [9.17, 15) is 4.79 Å². The molecule has 3 aliphatic rings. The Morgan fingerprint density at radius 3 is 2.52 bits per heavy atom. The van der Waals surface area contributed by atoms with Gasteiger partial charge in [-0.15, -0.1) is 0 Å². The summed E-state index contributed by atoms with van der Waals surface area (Å²) >= 11 is 0. The SMILES string of the molecule is O=C(N1CCC2(CCCCC2)C1)C1(n2cccn2)CCNCC1. The summed E-state index contributed by atoms with van der Waals surface area (Å²) in [5.74, 6) is 0.310. The van der Waals surface area contributed by atoms with Crippen LogP contribution < -0.4 is 5.32 Å². The topological polar surface area (TPSA) is 50.2 Å². The molecule has 0 bridgehead atoms. The molecule has 5 heteroatoms. The number of piperidine rings is 1. The maximum absolute atomic E-state index is 13.5. The monoisotopic (exact) mass is 316 g/mol. The quantitative estimate of drug-likeness (QED) is 0.909. The van der Waals surface area contributed by atoms with Crippen LogP contribution >= 0.6 is 0 Å². The molecule has 1 aliphatic carbocycles. The molecule has 0 atom stereocenters. The fraction of sp³-hybridized carbons (Fsp3) is 0.778. The average molecular weight is 316 g/mol. The lowest BCUT2D eigenvalue weighted by Gasteiger charge is -2.40. The predicted octanol–water partition coefficient (Wildman–Crippen LogP) is 2.14.